The average molecular weight is 492 g/mol. The molecule has 0 aromatic carbocycles. The molecule has 0 radical (unpaired) electrons. The molecule has 0 amide bonds. The van der Waals surface area contributed by atoms with E-state index in [1.165, 1.54) is 6.92 Å². The molecule has 2 aliphatic carbocycles. The zero-order valence-corrected chi connectivity index (χ0v) is 18.5. The Hall–Kier alpha value is -2.77. The number of nitrogens with zero attached hydrogens (tertiary/aromatic N) is 1. The first kappa shape index (κ1) is 25.8. The number of carbonyl (C=O) groups is 1. The molecule has 1 aliphatic heterocycles. The number of nitriles is 1. The fourth-order valence-electron chi connectivity index (χ4n) is 4.93. The van der Waals surface area contributed by atoms with Crippen molar-refractivity contribution in [3.8, 4) is 6.07 Å². The highest BCUT2D eigenvalue weighted by atomic mass is 19.4. The predicted octanol–water partition coefficient (Wildman–Crippen LogP) is 6.31. The third-order valence-corrected chi connectivity index (χ3v) is 6.35. The van der Waals surface area contributed by atoms with Crippen LogP contribution in [-0.4, -0.2) is 24.9 Å². The molecule has 1 saturated carbocycles. The van der Waals surface area contributed by atoms with Gasteiger partial charge in [-0.1, -0.05) is 13.3 Å². The maximum Gasteiger partial charge on any atom is 0.413 e. The second-order valence-electron chi connectivity index (χ2n) is 8.66. The Labute approximate surface area is 191 Å². The van der Waals surface area contributed by atoms with Gasteiger partial charge in [0.15, 0.2) is 0 Å². The molecule has 11 heteroatoms. The fourth-order valence-corrected chi connectivity index (χ4v) is 4.93. The van der Waals surface area contributed by atoms with Gasteiger partial charge in [-0.2, -0.15) is 31.6 Å². The van der Waals surface area contributed by atoms with Gasteiger partial charge in [0, 0.05) is 34.7 Å². The van der Waals surface area contributed by atoms with Crippen molar-refractivity contribution in [2.75, 3.05) is 6.61 Å². The molecule has 1 N–H and O–H groups in total. The normalized spacial score (nSPS) is 26.8. The highest BCUT2D eigenvalue weighted by molar-refractivity contribution is 5.92. The number of dihydropyridines is 1. The third kappa shape index (κ3) is 4.86. The van der Waals surface area contributed by atoms with Gasteiger partial charge in [0.1, 0.15) is 5.83 Å². The van der Waals surface area contributed by atoms with Crippen LogP contribution in [0.4, 0.5) is 30.7 Å². The van der Waals surface area contributed by atoms with E-state index in [0.29, 0.717) is 12.5 Å². The molecule has 4 nitrogen and oxygen atoms in total. The molecule has 0 spiro atoms. The highest BCUT2D eigenvalue weighted by Gasteiger charge is 2.69. The lowest BCUT2D eigenvalue weighted by atomic mass is 9.68. The zero-order chi connectivity index (χ0) is 25.5. The van der Waals surface area contributed by atoms with E-state index in [-0.39, 0.29) is 35.4 Å². The number of rotatable bonds is 7. The first-order chi connectivity index (χ1) is 15.8. The van der Waals surface area contributed by atoms with Gasteiger partial charge in [-0.3, -0.25) is 0 Å². The Kier molecular flexibility index (Phi) is 6.93. The smallest absolute Gasteiger partial charge is 0.413 e. The van der Waals surface area contributed by atoms with Crippen molar-refractivity contribution < 1.29 is 40.3 Å². The number of fused-ring (bicyclic) bond motifs is 1. The fraction of sp³-hybridized carbons (Fsp3) is 0.565. The van der Waals surface area contributed by atoms with Crippen LogP contribution in [0, 0.1) is 28.6 Å². The second-order valence-corrected chi connectivity index (χ2v) is 8.66. The Morgan fingerprint density at radius 3 is 2.53 bits per heavy atom. The standard InChI is InChI=1S/C23H23F7N2O2/c1-3-5-16-18(20(33)34-7-4-6-22(25,26)27)19(15(11-31)12(2)32-16)21-10-13(21)8-14(24)9-17(21)23(28,29)30/h8-9,13,19,32H,3-7,10H2,1-2H3. The van der Waals surface area contributed by atoms with Gasteiger partial charge in [-0.05, 0) is 44.3 Å². The van der Waals surface area contributed by atoms with Crippen LogP contribution in [0.15, 0.2) is 46.1 Å². The van der Waals surface area contributed by atoms with Crippen molar-refractivity contribution in [1.82, 2.24) is 5.32 Å². The van der Waals surface area contributed by atoms with Crippen LogP contribution in [0.25, 0.3) is 0 Å². The summed E-state index contributed by atoms with van der Waals surface area (Å²) in [4.78, 5) is 13.1. The number of hydrogen-bond donors (Lipinski definition) is 1. The number of alkyl halides is 6. The monoisotopic (exact) mass is 492 g/mol. The third-order valence-electron chi connectivity index (χ3n) is 6.35. The van der Waals surface area contributed by atoms with Crippen molar-refractivity contribution in [2.24, 2.45) is 17.3 Å². The second kappa shape index (κ2) is 9.12. The number of esters is 1. The lowest BCUT2D eigenvalue weighted by Crippen LogP contribution is -2.40. The van der Waals surface area contributed by atoms with Crippen LogP contribution in [-0.2, 0) is 9.53 Å². The van der Waals surface area contributed by atoms with Crippen LogP contribution in [0.5, 0.6) is 0 Å². The summed E-state index contributed by atoms with van der Waals surface area (Å²) in [5.74, 6) is -4.41. The van der Waals surface area contributed by atoms with Gasteiger partial charge >= 0.3 is 18.3 Å². The van der Waals surface area contributed by atoms with Crippen molar-refractivity contribution in [2.45, 2.75) is 58.3 Å². The highest BCUT2D eigenvalue weighted by Crippen LogP contribution is 2.71. The molecule has 3 atom stereocenters. The summed E-state index contributed by atoms with van der Waals surface area (Å²) in [6.45, 7) is 2.68. The topological polar surface area (TPSA) is 62.1 Å². The van der Waals surface area contributed by atoms with Crippen molar-refractivity contribution in [3.05, 3.63) is 46.1 Å². The van der Waals surface area contributed by atoms with Crippen molar-refractivity contribution >= 4 is 5.97 Å². The van der Waals surface area contributed by atoms with Gasteiger partial charge in [0.2, 0.25) is 0 Å². The van der Waals surface area contributed by atoms with Crippen molar-refractivity contribution in [3.63, 3.8) is 0 Å². The average Bonchev–Trinajstić information content (AvgIpc) is 3.43. The predicted molar refractivity (Wildman–Crippen MR) is 107 cm³/mol. The van der Waals surface area contributed by atoms with Crippen LogP contribution in [0.1, 0.15) is 46.0 Å². The molecule has 0 saturated heterocycles. The Balaban J connectivity index is 2.06. The summed E-state index contributed by atoms with van der Waals surface area (Å²) in [7, 11) is 0. The maximum atomic E-state index is 14.0. The SMILES string of the molecule is CCCC1=C(C(=O)OCCCC(F)(F)F)C(C23CC2C=C(F)C=C3C(F)(F)F)C(C#N)=C(C)N1. The van der Waals surface area contributed by atoms with E-state index in [9.17, 15) is 40.8 Å². The molecule has 1 fully saturated rings. The molecule has 0 bridgehead atoms. The van der Waals surface area contributed by atoms with Gasteiger partial charge in [0.05, 0.1) is 23.8 Å². The van der Waals surface area contributed by atoms with Crippen LogP contribution < -0.4 is 5.32 Å². The number of allylic oxidation sites excluding steroid dienone is 7. The molecule has 186 valence electrons. The maximum absolute atomic E-state index is 14.0. The number of ether oxygens (including phenoxy) is 1. The number of carbonyl (C=O) groups excluding carboxylic acids is 1. The van der Waals surface area contributed by atoms with Gasteiger partial charge < -0.3 is 10.1 Å². The Morgan fingerprint density at radius 2 is 1.97 bits per heavy atom. The summed E-state index contributed by atoms with van der Waals surface area (Å²) in [6.07, 6.45) is -9.06. The lowest BCUT2D eigenvalue weighted by molar-refractivity contribution is -0.148. The minimum absolute atomic E-state index is 0.115. The number of hydrogen-bond acceptors (Lipinski definition) is 4. The summed E-state index contributed by atoms with van der Waals surface area (Å²) in [5, 5.41) is 12.7. The molecule has 3 aliphatic rings. The van der Waals surface area contributed by atoms with Crippen LogP contribution in [0.2, 0.25) is 0 Å². The zero-order valence-electron chi connectivity index (χ0n) is 18.5. The molecular weight excluding hydrogens is 469 g/mol. The van der Waals surface area contributed by atoms with Gasteiger partial charge in [-0.15, -0.1) is 0 Å². The van der Waals surface area contributed by atoms with E-state index in [4.69, 9.17) is 4.74 Å². The minimum Gasteiger partial charge on any atom is -0.462 e. The number of nitrogens with one attached hydrogen (secondary N) is 1. The lowest BCUT2D eigenvalue weighted by Gasteiger charge is -2.38. The minimum atomic E-state index is -4.92. The summed E-state index contributed by atoms with van der Waals surface area (Å²) < 4.78 is 98.5. The van der Waals surface area contributed by atoms with E-state index >= 15 is 0 Å². The van der Waals surface area contributed by atoms with E-state index in [0.717, 1.165) is 6.08 Å². The molecule has 3 rings (SSSR count). The Bertz CT molecular complexity index is 1030. The summed E-state index contributed by atoms with van der Waals surface area (Å²) in [5.41, 5.74) is -2.76. The molecule has 1 heterocycles. The Morgan fingerprint density at radius 1 is 1.29 bits per heavy atom. The van der Waals surface area contributed by atoms with E-state index in [1.54, 1.807) is 6.92 Å². The van der Waals surface area contributed by atoms with Crippen molar-refractivity contribution in [1.29, 1.82) is 5.26 Å². The van der Waals surface area contributed by atoms with Crippen LogP contribution in [0.3, 0.4) is 0 Å². The quantitative estimate of drug-likeness (QED) is 0.257. The van der Waals surface area contributed by atoms with E-state index in [2.05, 4.69) is 5.32 Å². The molecule has 3 unspecified atom stereocenters. The summed E-state index contributed by atoms with van der Waals surface area (Å²) in [6, 6.07) is 1.89. The van der Waals surface area contributed by atoms with E-state index < -0.39 is 66.4 Å². The van der Waals surface area contributed by atoms with Crippen LogP contribution >= 0.6 is 0 Å². The number of halogens is 7. The molecule has 0 aromatic rings. The summed E-state index contributed by atoms with van der Waals surface area (Å²) >= 11 is 0. The molecule has 34 heavy (non-hydrogen) atoms. The largest absolute Gasteiger partial charge is 0.462 e. The molecule has 0 aromatic heterocycles. The first-order valence-corrected chi connectivity index (χ1v) is 10.8. The van der Waals surface area contributed by atoms with E-state index in [1.807, 2.05) is 6.07 Å². The first-order valence-electron chi connectivity index (χ1n) is 10.8. The molecular formula is C23H23F7N2O2. The van der Waals surface area contributed by atoms with Gasteiger partial charge in [0.25, 0.3) is 0 Å². The van der Waals surface area contributed by atoms with Gasteiger partial charge in [-0.25, -0.2) is 9.18 Å².